The molecule has 1 fully saturated rings. The summed E-state index contributed by atoms with van der Waals surface area (Å²) in [6.45, 7) is 4.01. The molecule has 0 bridgehead atoms. The van der Waals surface area contributed by atoms with Crippen LogP contribution in [0.2, 0.25) is 0 Å². The molecular formula is C22H23FN2O2S. The third-order valence-corrected chi connectivity index (χ3v) is 6.07. The summed E-state index contributed by atoms with van der Waals surface area (Å²) in [5.74, 6) is -0.216. The third kappa shape index (κ3) is 4.03. The maximum Gasteiger partial charge on any atom is 0.291 e. The minimum atomic E-state index is -0.260. The fourth-order valence-corrected chi connectivity index (χ4v) is 4.76. The number of thiophene rings is 1. The highest BCUT2D eigenvalue weighted by Gasteiger charge is 2.28. The number of rotatable bonds is 5. The van der Waals surface area contributed by atoms with E-state index in [0.29, 0.717) is 0 Å². The lowest BCUT2D eigenvalue weighted by Crippen LogP contribution is -2.34. The van der Waals surface area contributed by atoms with Gasteiger partial charge in [-0.1, -0.05) is 18.6 Å². The second-order valence-corrected chi connectivity index (χ2v) is 8.38. The fraction of sp³-hybridized carbons (Fsp3) is 0.318. The molecule has 4 rings (SSSR count). The molecule has 0 spiro atoms. The van der Waals surface area contributed by atoms with Crippen LogP contribution in [0.15, 0.2) is 53.1 Å². The van der Waals surface area contributed by atoms with Gasteiger partial charge in [0.25, 0.3) is 5.91 Å². The molecule has 2 aromatic heterocycles. The zero-order valence-electron chi connectivity index (χ0n) is 15.8. The van der Waals surface area contributed by atoms with E-state index >= 15 is 0 Å². The molecule has 3 heterocycles. The summed E-state index contributed by atoms with van der Waals surface area (Å²) in [7, 11) is 0. The number of halogens is 1. The number of carbonyl (C=O) groups is 1. The number of anilines is 1. The normalized spacial score (nSPS) is 16.1. The van der Waals surface area contributed by atoms with Gasteiger partial charge in [-0.25, -0.2) is 4.39 Å². The van der Waals surface area contributed by atoms with Gasteiger partial charge in [0.05, 0.1) is 12.3 Å². The summed E-state index contributed by atoms with van der Waals surface area (Å²) >= 11 is 1.56. The van der Waals surface area contributed by atoms with Crippen LogP contribution in [0.3, 0.4) is 0 Å². The number of amides is 1. The Morgan fingerprint density at radius 1 is 1.18 bits per heavy atom. The van der Waals surface area contributed by atoms with Crippen molar-refractivity contribution in [3.63, 3.8) is 0 Å². The predicted molar refractivity (Wildman–Crippen MR) is 109 cm³/mol. The lowest BCUT2D eigenvalue weighted by atomic mass is 9.96. The summed E-state index contributed by atoms with van der Waals surface area (Å²) < 4.78 is 18.8. The first kappa shape index (κ1) is 18.9. The Kier molecular flexibility index (Phi) is 5.59. The first-order valence-electron chi connectivity index (χ1n) is 9.56. The van der Waals surface area contributed by atoms with Crippen LogP contribution in [0.4, 0.5) is 9.39 Å². The number of hydrogen-bond donors (Lipinski definition) is 1. The Bertz CT molecular complexity index is 928. The summed E-state index contributed by atoms with van der Waals surface area (Å²) in [6.07, 6.45) is 5.02. The quantitative estimate of drug-likeness (QED) is 0.607. The van der Waals surface area contributed by atoms with Gasteiger partial charge in [0.2, 0.25) is 0 Å². The SMILES string of the molecule is Cc1cc([C@@H](c2ccc(F)cc2)N2CCCCC2)c(NC(=O)c2ccco2)s1. The summed E-state index contributed by atoms with van der Waals surface area (Å²) in [5, 5.41) is 3.84. The molecule has 6 heteroatoms. The van der Waals surface area contributed by atoms with Gasteiger partial charge < -0.3 is 9.73 Å². The van der Waals surface area contributed by atoms with E-state index in [1.807, 2.05) is 19.1 Å². The highest BCUT2D eigenvalue weighted by atomic mass is 32.1. The topological polar surface area (TPSA) is 45.5 Å². The van der Waals surface area contributed by atoms with E-state index in [-0.39, 0.29) is 23.5 Å². The molecule has 1 aliphatic heterocycles. The average molecular weight is 399 g/mol. The third-order valence-electron chi connectivity index (χ3n) is 5.09. The molecule has 0 unspecified atom stereocenters. The number of likely N-dealkylation sites (tertiary alicyclic amines) is 1. The standard InChI is InChI=1S/C22H23FN2O2S/c1-15-14-18(22(28-15)24-21(26)19-6-5-13-27-19)20(25-11-3-2-4-12-25)16-7-9-17(23)10-8-16/h5-10,13-14,20H,2-4,11-12H2,1H3,(H,24,26)/t20-/m1/s1. The van der Waals surface area contributed by atoms with E-state index < -0.39 is 0 Å². The number of benzene rings is 1. The van der Waals surface area contributed by atoms with E-state index in [4.69, 9.17) is 4.42 Å². The largest absolute Gasteiger partial charge is 0.459 e. The molecule has 1 N–H and O–H groups in total. The molecule has 1 aromatic carbocycles. The number of piperidine rings is 1. The van der Waals surface area contributed by atoms with Gasteiger partial charge in [-0.3, -0.25) is 9.69 Å². The summed E-state index contributed by atoms with van der Waals surface area (Å²) in [4.78, 5) is 16.1. The Balaban J connectivity index is 1.71. The molecule has 0 saturated carbocycles. The first-order chi connectivity index (χ1) is 13.6. The van der Waals surface area contributed by atoms with Gasteiger partial charge in [0, 0.05) is 10.4 Å². The lowest BCUT2D eigenvalue weighted by Gasteiger charge is -2.35. The zero-order chi connectivity index (χ0) is 19.5. The van der Waals surface area contributed by atoms with E-state index in [1.54, 1.807) is 23.5 Å². The maximum atomic E-state index is 13.5. The molecule has 0 radical (unpaired) electrons. The molecular weight excluding hydrogens is 375 g/mol. The van der Waals surface area contributed by atoms with Gasteiger partial charge in [-0.2, -0.15) is 0 Å². The van der Waals surface area contributed by atoms with Gasteiger partial charge >= 0.3 is 0 Å². The molecule has 28 heavy (non-hydrogen) atoms. The molecule has 1 saturated heterocycles. The van der Waals surface area contributed by atoms with Crippen molar-refractivity contribution < 1.29 is 13.6 Å². The molecule has 1 amide bonds. The smallest absolute Gasteiger partial charge is 0.291 e. The van der Waals surface area contributed by atoms with Gasteiger partial charge in [-0.05, 0) is 68.8 Å². The Morgan fingerprint density at radius 3 is 2.61 bits per heavy atom. The van der Waals surface area contributed by atoms with Gasteiger partial charge in [0.15, 0.2) is 5.76 Å². The fourth-order valence-electron chi connectivity index (χ4n) is 3.82. The van der Waals surface area contributed by atoms with Crippen LogP contribution in [-0.4, -0.2) is 23.9 Å². The Morgan fingerprint density at radius 2 is 1.93 bits per heavy atom. The van der Waals surface area contributed by atoms with Crippen LogP contribution in [0.1, 0.15) is 51.9 Å². The number of hydrogen-bond acceptors (Lipinski definition) is 4. The second kappa shape index (κ2) is 8.29. The number of nitrogens with one attached hydrogen (secondary N) is 1. The van der Waals surface area contributed by atoms with Crippen molar-refractivity contribution in [1.29, 1.82) is 0 Å². The number of nitrogens with zero attached hydrogens (tertiary/aromatic N) is 1. The summed E-state index contributed by atoms with van der Waals surface area (Å²) in [5.41, 5.74) is 2.09. The lowest BCUT2D eigenvalue weighted by molar-refractivity contribution is 0.0996. The van der Waals surface area contributed by atoms with Crippen molar-refractivity contribution in [1.82, 2.24) is 4.90 Å². The Labute approximate surface area is 168 Å². The number of furan rings is 1. The van der Waals surface area contributed by atoms with Crippen LogP contribution in [0.5, 0.6) is 0 Å². The van der Waals surface area contributed by atoms with E-state index in [1.165, 1.54) is 24.8 Å². The van der Waals surface area contributed by atoms with Crippen LogP contribution in [-0.2, 0) is 0 Å². The number of carbonyl (C=O) groups excluding carboxylic acids is 1. The highest BCUT2D eigenvalue weighted by Crippen LogP contribution is 2.40. The van der Waals surface area contributed by atoms with Crippen molar-refractivity contribution in [2.45, 2.75) is 32.2 Å². The molecule has 1 aliphatic rings. The first-order valence-corrected chi connectivity index (χ1v) is 10.4. The van der Waals surface area contributed by atoms with Crippen molar-refractivity contribution in [2.75, 3.05) is 18.4 Å². The second-order valence-electron chi connectivity index (χ2n) is 7.12. The van der Waals surface area contributed by atoms with Crippen LogP contribution in [0, 0.1) is 12.7 Å². The minimum absolute atomic E-state index is 0.0160. The van der Waals surface area contributed by atoms with Crippen molar-refractivity contribution in [3.8, 4) is 0 Å². The maximum absolute atomic E-state index is 13.5. The van der Waals surface area contributed by atoms with E-state index in [0.717, 1.165) is 46.9 Å². The monoisotopic (exact) mass is 398 g/mol. The molecule has 146 valence electrons. The van der Waals surface area contributed by atoms with Crippen molar-refractivity contribution >= 4 is 22.2 Å². The molecule has 4 nitrogen and oxygen atoms in total. The van der Waals surface area contributed by atoms with Crippen molar-refractivity contribution in [3.05, 3.63) is 76.3 Å². The van der Waals surface area contributed by atoms with E-state index in [9.17, 15) is 9.18 Å². The summed E-state index contributed by atoms with van der Waals surface area (Å²) in [6, 6.07) is 12.2. The van der Waals surface area contributed by atoms with Gasteiger partial charge in [0.1, 0.15) is 10.8 Å². The van der Waals surface area contributed by atoms with Crippen molar-refractivity contribution in [2.24, 2.45) is 0 Å². The van der Waals surface area contributed by atoms with Crippen LogP contribution < -0.4 is 5.32 Å². The molecule has 0 aliphatic carbocycles. The molecule has 1 atom stereocenters. The van der Waals surface area contributed by atoms with Crippen LogP contribution in [0.25, 0.3) is 0 Å². The van der Waals surface area contributed by atoms with E-state index in [2.05, 4.69) is 16.3 Å². The minimum Gasteiger partial charge on any atom is -0.459 e. The van der Waals surface area contributed by atoms with Crippen LogP contribution >= 0.6 is 11.3 Å². The highest BCUT2D eigenvalue weighted by molar-refractivity contribution is 7.16. The van der Waals surface area contributed by atoms with Gasteiger partial charge in [-0.15, -0.1) is 11.3 Å². The average Bonchev–Trinajstić information content (AvgIpc) is 3.35. The Hall–Kier alpha value is -2.44. The zero-order valence-corrected chi connectivity index (χ0v) is 16.6. The molecule has 3 aromatic rings. The predicted octanol–water partition coefficient (Wildman–Crippen LogP) is 5.62. The number of aryl methyl sites for hydroxylation is 1.